The van der Waals surface area contributed by atoms with Gasteiger partial charge in [-0.15, -0.1) is 0 Å². The molecule has 2 heterocycles. The van der Waals surface area contributed by atoms with Crippen molar-refractivity contribution in [2.24, 2.45) is 0 Å². The van der Waals surface area contributed by atoms with Gasteiger partial charge in [-0.05, 0) is 30.3 Å². The second-order valence-corrected chi connectivity index (χ2v) is 7.69. The maximum absolute atomic E-state index is 6.41. The van der Waals surface area contributed by atoms with Crippen molar-refractivity contribution in [3.05, 3.63) is 88.0 Å². The molecule has 2 aromatic heterocycles. The molecule has 3 nitrogen and oxygen atoms in total. The molecule has 3 aromatic carbocycles. The average molecular weight is 425 g/mol. The van der Waals surface area contributed by atoms with Crippen molar-refractivity contribution in [1.82, 2.24) is 14.8 Å². The molecule has 0 aliphatic rings. The van der Waals surface area contributed by atoms with Gasteiger partial charge in [0.25, 0.3) is 0 Å². The second kappa shape index (κ2) is 6.78. The van der Waals surface area contributed by atoms with E-state index in [1.165, 1.54) is 0 Å². The van der Waals surface area contributed by atoms with Crippen LogP contribution in [-0.2, 0) is 0 Å². The predicted molar refractivity (Wildman–Crippen MR) is 117 cm³/mol. The Balaban J connectivity index is 1.96. The summed E-state index contributed by atoms with van der Waals surface area (Å²) < 4.78 is 1.88. The minimum absolute atomic E-state index is 0.504. The first kappa shape index (κ1) is 17.5. The maximum atomic E-state index is 6.41. The van der Waals surface area contributed by atoms with E-state index in [2.05, 4.69) is 4.98 Å². The monoisotopic (exact) mass is 423 g/mol. The van der Waals surface area contributed by atoms with Crippen molar-refractivity contribution in [2.45, 2.75) is 0 Å². The summed E-state index contributed by atoms with van der Waals surface area (Å²) in [5.41, 5.74) is 4.25. The number of pyridine rings is 1. The number of fused-ring (bicyclic) bond motifs is 3. The molecule has 5 rings (SSSR count). The van der Waals surface area contributed by atoms with E-state index in [0.29, 0.717) is 20.6 Å². The van der Waals surface area contributed by atoms with Crippen molar-refractivity contribution in [3.63, 3.8) is 0 Å². The van der Waals surface area contributed by atoms with Crippen molar-refractivity contribution in [1.29, 1.82) is 0 Å². The van der Waals surface area contributed by atoms with Crippen LogP contribution < -0.4 is 0 Å². The van der Waals surface area contributed by atoms with Gasteiger partial charge in [0.05, 0.1) is 21.7 Å². The third-order valence-electron chi connectivity index (χ3n) is 4.63. The van der Waals surface area contributed by atoms with Crippen LogP contribution in [0.3, 0.4) is 0 Å². The van der Waals surface area contributed by atoms with Gasteiger partial charge in [-0.1, -0.05) is 71.2 Å². The van der Waals surface area contributed by atoms with Crippen LogP contribution in [0.25, 0.3) is 38.8 Å². The highest BCUT2D eigenvalue weighted by atomic mass is 35.5. The summed E-state index contributed by atoms with van der Waals surface area (Å²) in [6.45, 7) is 0. The lowest BCUT2D eigenvalue weighted by Crippen LogP contribution is -1.97. The number of hydrogen-bond acceptors (Lipinski definition) is 2. The Bertz CT molecular complexity index is 1340. The van der Waals surface area contributed by atoms with Gasteiger partial charge in [0.15, 0.2) is 0 Å². The minimum Gasteiger partial charge on any atom is -0.254 e. The molecule has 0 saturated carbocycles. The van der Waals surface area contributed by atoms with Crippen LogP contribution in [-0.4, -0.2) is 14.8 Å². The fourth-order valence-electron chi connectivity index (χ4n) is 3.42. The molecule has 0 bridgehead atoms. The SMILES string of the molecule is Clc1cccc(-n2nc(-c3ccccc3)c3cnc4c(Cl)cc(Cl)cc4c32)c1. The van der Waals surface area contributed by atoms with Crippen molar-refractivity contribution in [2.75, 3.05) is 0 Å². The highest BCUT2D eigenvalue weighted by molar-refractivity contribution is 6.39. The highest BCUT2D eigenvalue weighted by Crippen LogP contribution is 2.37. The van der Waals surface area contributed by atoms with Crippen LogP contribution in [0.1, 0.15) is 0 Å². The first-order chi connectivity index (χ1) is 13.6. The zero-order chi connectivity index (χ0) is 19.3. The van der Waals surface area contributed by atoms with E-state index in [1.54, 1.807) is 6.07 Å². The minimum atomic E-state index is 0.504. The number of rotatable bonds is 2. The van der Waals surface area contributed by atoms with Crippen LogP contribution >= 0.6 is 34.8 Å². The smallest absolute Gasteiger partial charge is 0.102 e. The average Bonchev–Trinajstić information content (AvgIpc) is 3.09. The number of nitrogens with zero attached hydrogens (tertiary/aromatic N) is 3. The van der Waals surface area contributed by atoms with Gasteiger partial charge in [-0.25, -0.2) is 4.68 Å². The Labute approximate surface area is 176 Å². The second-order valence-electron chi connectivity index (χ2n) is 6.41. The first-order valence-corrected chi connectivity index (χ1v) is 9.73. The van der Waals surface area contributed by atoms with E-state index >= 15 is 0 Å². The fraction of sp³-hybridized carbons (Fsp3) is 0. The number of hydrogen-bond donors (Lipinski definition) is 0. The molecule has 5 aromatic rings. The van der Waals surface area contributed by atoms with Gasteiger partial charge in [0.1, 0.15) is 5.69 Å². The zero-order valence-corrected chi connectivity index (χ0v) is 16.7. The fourth-order valence-corrected chi connectivity index (χ4v) is 4.15. The Morgan fingerprint density at radius 2 is 1.57 bits per heavy atom. The molecule has 0 radical (unpaired) electrons. The number of aromatic nitrogens is 3. The van der Waals surface area contributed by atoms with Gasteiger partial charge in [-0.2, -0.15) is 5.10 Å². The molecule has 0 saturated heterocycles. The van der Waals surface area contributed by atoms with E-state index in [0.717, 1.165) is 33.2 Å². The van der Waals surface area contributed by atoms with Crippen LogP contribution in [0.5, 0.6) is 0 Å². The zero-order valence-electron chi connectivity index (χ0n) is 14.4. The summed E-state index contributed by atoms with van der Waals surface area (Å²) in [5, 5.41) is 8.35. The standard InChI is InChI=1S/C22H12Cl3N3/c23-14-7-4-8-16(9-14)28-22-17-10-15(24)11-19(25)21(17)26-12-18(22)20(27-28)13-5-2-1-3-6-13/h1-12H. The van der Waals surface area contributed by atoms with E-state index in [-0.39, 0.29) is 0 Å². The molecule has 0 amide bonds. The van der Waals surface area contributed by atoms with Crippen LogP contribution in [0.2, 0.25) is 15.1 Å². The molecule has 28 heavy (non-hydrogen) atoms. The van der Waals surface area contributed by atoms with E-state index in [1.807, 2.05) is 71.5 Å². The summed E-state index contributed by atoms with van der Waals surface area (Å²) in [4.78, 5) is 4.59. The largest absolute Gasteiger partial charge is 0.254 e. The summed E-state index contributed by atoms with van der Waals surface area (Å²) in [7, 11) is 0. The molecule has 0 N–H and O–H groups in total. The van der Waals surface area contributed by atoms with Gasteiger partial charge in [-0.3, -0.25) is 4.98 Å². The van der Waals surface area contributed by atoms with Crippen LogP contribution in [0.15, 0.2) is 72.9 Å². The molecule has 0 aliphatic heterocycles. The molecule has 0 spiro atoms. The van der Waals surface area contributed by atoms with Gasteiger partial charge in [0.2, 0.25) is 0 Å². The van der Waals surface area contributed by atoms with E-state index < -0.39 is 0 Å². The number of benzene rings is 3. The van der Waals surface area contributed by atoms with E-state index in [9.17, 15) is 0 Å². The third kappa shape index (κ3) is 2.83. The highest BCUT2D eigenvalue weighted by Gasteiger charge is 2.18. The van der Waals surface area contributed by atoms with E-state index in [4.69, 9.17) is 39.9 Å². The van der Waals surface area contributed by atoms with Gasteiger partial charge in [0, 0.05) is 32.6 Å². The third-order valence-corrected chi connectivity index (χ3v) is 5.37. The topological polar surface area (TPSA) is 30.7 Å². The van der Waals surface area contributed by atoms with Crippen molar-refractivity contribution in [3.8, 4) is 16.9 Å². The molecule has 136 valence electrons. The summed E-state index contributed by atoms with van der Waals surface area (Å²) in [5.74, 6) is 0. The lowest BCUT2D eigenvalue weighted by atomic mass is 10.1. The Morgan fingerprint density at radius 3 is 2.36 bits per heavy atom. The normalized spacial score (nSPS) is 11.4. The summed E-state index contributed by atoms with van der Waals surface area (Å²) in [6.07, 6.45) is 1.81. The first-order valence-electron chi connectivity index (χ1n) is 8.59. The molecule has 0 aliphatic carbocycles. The molecule has 0 unspecified atom stereocenters. The number of halogens is 3. The van der Waals surface area contributed by atoms with Gasteiger partial charge >= 0.3 is 0 Å². The lowest BCUT2D eigenvalue weighted by molar-refractivity contribution is 0.918. The molecule has 0 fully saturated rings. The van der Waals surface area contributed by atoms with Crippen LogP contribution in [0, 0.1) is 0 Å². The van der Waals surface area contributed by atoms with Gasteiger partial charge < -0.3 is 0 Å². The molecular weight excluding hydrogens is 413 g/mol. The summed E-state index contributed by atoms with van der Waals surface area (Å²) >= 11 is 19.0. The Morgan fingerprint density at radius 1 is 0.750 bits per heavy atom. The lowest BCUT2D eigenvalue weighted by Gasteiger charge is -2.07. The molecular formula is C22H12Cl3N3. The quantitative estimate of drug-likeness (QED) is 0.300. The van der Waals surface area contributed by atoms with Crippen molar-refractivity contribution < 1.29 is 0 Å². The van der Waals surface area contributed by atoms with Crippen LogP contribution in [0.4, 0.5) is 0 Å². The predicted octanol–water partition coefficient (Wildman–Crippen LogP) is 7.20. The van der Waals surface area contributed by atoms with Crippen molar-refractivity contribution >= 4 is 56.6 Å². The Hall–Kier alpha value is -2.59. The summed E-state index contributed by atoms with van der Waals surface area (Å²) in [6, 6.07) is 21.2. The molecule has 6 heteroatoms. The Kier molecular flexibility index (Phi) is 4.24. The molecule has 0 atom stereocenters. The maximum Gasteiger partial charge on any atom is 0.102 e.